The van der Waals surface area contributed by atoms with Crippen LogP contribution >= 0.6 is 0 Å². The first kappa shape index (κ1) is 16.8. The molecule has 0 fully saturated rings. The smallest absolute Gasteiger partial charge is 0.228 e. The molecule has 4 aromatic rings. The van der Waals surface area contributed by atoms with E-state index in [1.807, 2.05) is 37.3 Å². The lowest BCUT2D eigenvalue weighted by Gasteiger charge is -2.09. The minimum absolute atomic E-state index is 0.173. The van der Waals surface area contributed by atoms with Crippen molar-refractivity contribution in [3.05, 3.63) is 77.6 Å². The van der Waals surface area contributed by atoms with Crippen LogP contribution in [0, 0.1) is 6.92 Å². The van der Waals surface area contributed by atoms with Crippen molar-refractivity contribution in [1.82, 2.24) is 15.0 Å². The second kappa shape index (κ2) is 6.92. The molecule has 0 atom stereocenters. The maximum Gasteiger partial charge on any atom is 0.228 e. The summed E-state index contributed by atoms with van der Waals surface area (Å²) in [4.78, 5) is 24.4. The zero-order chi connectivity index (χ0) is 18.8. The lowest BCUT2D eigenvalue weighted by Crippen LogP contribution is -2.03. The quantitative estimate of drug-likeness (QED) is 0.538. The molecule has 0 saturated heterocycles. The number of hydrogen-bond acceptors (Lipinski definition) is 5. The minimum Gasteiger partial charge on any atom is -0.481 e. The van der Waals surface area contributed by atoms with Crippen LogP contribution in [0.3, 0.4) is 0 Å². The van der Waals surface area contributed by atoms with Crippen molar-refractivity contribution in [3.63, 3.8) is 0 Å². The average Bonchev–Trinajstić information content (AvgIpc) is 3.14. The second-order valence-corrected chi connectivity index (χ2v) is 6.03. The Morgan fingerprint density at radius 1 is 0.963 bits per heavy atom. The highest BCUT2D eigenvalue weighted by Crippen LogP contribution is 2.26. The van der Waals surface area contributed by atoms with E-state index < -0.39 is 0 Å². The molecule has 2 heterocycles. The Balaban J connectivity index is 1.56. The number of aromatic amines is 1. The Kier molecular flexibility index (Phi) is 4.30. The summed E-state index contributed by atoms with van der Waals surface area (Å²) >= 11 is 0. The number of methoxy groups -OCH3 is 1. The van der Waals surface area contributed by atoms with E-state index in [0.29, 0.717) is 28.9 Å². The number of fused-ring (bicyclic) bond motifs is 1. The van der Waals surface area contributed by atoms with Crippen molar-refractivity contribution in [2.24, 2.45) is 0 Å². The number of aryl methyl sites for hydroxylation is 1. The number of benzene rings is 2. The molecule has 2 aromatic carbocycles. The number of aromatic nitrogens is 3. The van der Waals surface area contributed by atoms with Gasteiger partial charge in [0.1, 0.15) is 5.75 Å². The topological polar surface area (TPSA) is 77.1 Å². The molecule has 0 aliphatic carbocycles. The zero-order valence-electron chi connectivity index (χ0n) is 14.9. The van der Waals surface area contributed by atoms with Crippen molar-refractivity contribution in [2.75, 3.05) is 7.11 Å². The molecule has 0 amide bonds. The normalized spacial score (nSPS) is 10.7. The highest BCUT2D eigenvalue weighted by Gasteiger charge is 2.14. The van der Waals surface area contributed by atoms with Crippen LogP contribution in [0.4, 0.5) is 0 Å². The van der Waals surface area contributed by atoms with Gasteiger partial charge in [-0.05, 0) is 49.4 Å². The molecule has 4 rings (SSSR count). The lowest BCUT2D eigenvalue weighted by molar-refractivity contribution is 0.103. The molecular formula is C21H17N3O3. The Morgan fingerprint density at radius 3 is 2.48 bits per heavy atom. The molecule has 0 aliphatic rings. The molecule has 134 valence electrons. The van der Waals surface area contributed by atoms with Gasteiger partial charge < -0.3 is 14.5 Å². The fraction of sp³-hybridized carbons (Fsp3) is 0.0952. The zero-order valence-corrected chi connectivity index (χ0v) is 14.9. The van der Waals surface area contributed by atoms with Crippen molar-refractivity contribution in [2.45, 2.75) is 6.92 Å². The van der Waals surface area contributed by atoms with Crippen molar-refractivity contribution in [3.8, 4) is 17.5 Å². The Bertz CT molecular complexity index is 1080. The van der Waals surface area contributed by atoms with E-state index in [2.05, 4.69) is 15.0 Å². The molecule has 0 spiro atoms. The summed E-state index contributed by atoms with van der Waals surface area (Å²) < 4.78 is 10.9. The minimum atomic E-state index is -0.173. The van der Waals surface area contributed by atoms with E-state index in [4.69, 9.17) is 9.47 Å². The number of pyridine rings is 1. The van der Waals surface area contributed by atoms with Gasteiger partial charge in [-0.3, -0.25) is 4.79 Å². The van der Waals surface area contributed by atoms with Crippen molar-refractivity contribution < 1.29 is 14.3 Å². The number of nitrogens with zero attached hydrogens (tertiary/aromatic N) is 2. The lowest BCUT2D eigenvalue weighted by atomic mass is 10.1. The van der Waals surface area contributed by atoms with Gasteiger partial charge in [0.05, 0.1) is 18.1 Å². The first-order chi connectivity index (χ1) is 13.1. The van der Waals surface area contributed by atoms with Crippen LogP contribution in [0.1, 0.15) is 21.7 Å². The maximum absolute atomic E-state index is 12.7. The van der Waals surface area contributed by atoms with Crippen LogP contribution < -0.4 is 9.47 Å². The van der Waals surface area contributed by atoms with E-state index in [-0.39, 0.29) is 5.78 Å². The number of carbonyl (C=O) groups is 1. The van der Waals surface area contributed by atoms with Crippen LogP contribution in [0.25, 0.3) is 11.0 Å². The molecule has 2 aromatic heterocycles. The number of rotatable bonds is 5. The third-order valence-corrected chi connectivity index (χ3v) is 4.17. The van der Waals surface area contributed by atoms with Gasteiger partial charge in [-0.15, -0.1) is 0 Å². The van der Waals surface area contributed by atoms with E-state index in [0.717, 1.165) is 16.6 Å². The Labute approximate surface area is 155 Å². The SMILES string of the molecule is COc1ccc(C)c(Oc2ccc(C(=O)c3nc4ccccc4[nH]3)cc2)n1. The summed E-state index contributed by atoms with van der Waals surface area (Å²) in [5, 5.41) is 0. The molecule has 0 saturated carbocycles. The monoisotopic (exact) mass is 359 g/mol. The fourth-order valence-corrected chi connectivity index (χ4v) is 2.69. The van der Waals surface area contributed by atoms with Gasteiger partial charge in [0.15, 0.2) is 5.82 Å². The number of H-pyrrole nitrogens is 1. The van der Waals surface area contributed by atoms with Gasteiger partial charge in [-0.25, -0.2) is 4.98 Å². The molecule has 0 bridgehead atoms. The van der Waals surface area contributed by atoms with Gasteiger partial charge in [-0.2, -0.15) is 4.98 Å². The van der Waals surface area contributed by atoms with Crippen LogP contribution in [0.5, 0.6) is 17.5 Å². The van der Waals surface area contributed by atoms with Crippen molar-refractivity contribution >= 4 is 16.8 Å². The van der Waals surface area contributed by atoms with Crippen LogP contribution in [0.15, 0.2) is 60.7 Å². The predicted octanol–water partition coefficient (Wildman–Crippen LogP) is 4.30. The average molecular weight is 359 g/mol. The number of ketones is 1. The summed E-state index contributed by atoms with van der Waals surface area (Å²) in [6.07, 6.45) is 0. The van der Waals surface area contributed by atoms with Crippen molar-refractivity contribution in [1.29, 1.82) is 0 Å². The molecular weight excluding hydrogens is 342 g/mol. The number of para-hydroxylation sites is 2. The van der Waals surface area contributed by atoms with Crippen LogP contribution in [0.2, 0.25) is 0 Å². The van der Waals surface area contributed by atoms with E-state index >= 15 is 0 Å². The Hall–Kier alpha value is -3.67. The summed E-state index contributed by atoms with van der Waals surface area (Å²) in [5.74, 6) is 1.67. The third-order valence-electron chi connectivity index (χ3n) is 4.17. The number of nitrogens with one attached hydrogen (secondary N) is 1. The highest BCUT2D eigenvalue weighted by atomic mass is 16.5. The molecule has 0 radical (unpaired) electrons. The number of ether oxygens (including phenoxy) is 2. The largest absolute Gasteiger partial charge is 0.481 e. The van der Waals surface area contributed by atoms with Gasteiger partial charge in [0.25, 0.3) is 0 Å². The van der Waals surface area contributed by atoms with E-state index in [1.54, 1.807) is 37.4 Å². The maximum atomic E-state index is 12.7. The highest BCUT2D eigenvalue weighted by molar-refractivity contribution is 6.08. The number of carbonyl (C=O) groups excluding carboxylic acids is 1. The number of imidazole rings is 1. The standard InChI is InChI=1S/C21H17N3O3/c1-13-7-12-18(26-2)24-21(13)27-15-10-8-14(9-11-15)19(25)20-22-16-5-3-4-6-17(16)23-20/h3-12H,1-2H3,(H,22,23). The Morgan fingerprint density at radius 2 is 1.74 bits per heavy atom. The van der Waals surface area contributed by atoms with E-state index in [1.165, 1.54) is 0 Å². The molecule has 1 N–H and O–H groups in total. The molecule has 0 aliphatic heterocycles. The predicted molar refractivity (Wildman–Crippen MR) is 102 cm³/mol. The fourth-order valence-electron chi connectivity index (χ4n) is 2.69. The third kappa shape index (κ3) is 3.37. The first-order valence-electron chi connectivity index (χ1n) is 8.43. The van der Waals surface area contributed by atoms with Crippen LogP contribution in [-0.4, -0.2) is 27.8 Å². The summed E-state index contributed by atoms with van der Waals surface area (Å²) in [7, 11) is 1.56. The number of hydrogen-bond donors (Lipinski definition) is 1. The molecule has 6 heteroatoms. The molecule has 27 heavy (non-hydrogen) atoms. The van der Waals surface area contributed by atoms with Gasteiger partial charge in [0, 0.05) is 17.2 Å². The van der Waals surface area contributed by atoms with Gasteiger partial charge >= 0.3 is 0 Å². The van der Waals surface area contributed by atoms with Crippen LogP contribution in [-0.2, 0) is 0 Å². The second-order valence-electron chi connectivity index (χ2n) is 6.03. The first-order valence-corrected chi connectivity index (χ1v) is 8.43. The molecule has 6 nitrogen and oxygen atoms in total. The molecule has 0 unspecified atom stereocenters. The summed E-state index contributed by atoms with van der Waals surface area (Å²) in [5.41, 5.74) is 3.01. The van der Waals surface area contributed by atoms with E-state index in [9.17, 15) is 4.79 Å². The van der Waals surface area contributed by atoms with Gasteiger partial charge in [0.2, 0.25) is 17.5 Å². The summed E-state index contributed by atoms with van der Waals surface area (Å²) in [6.45, 7) is 1.90. The summed E-state index contributed by atoms with van der Waals surface area (Å²) in [6, 6.07) is 18.1. The van der Waals surface area contributed by atoms with Gasteiger partial charge in [-0.1, -0.05) is 12.1 Å².